The van der Waals surface area contributed by atoms with Crippen LogP contribution in [-0.2, 0) is 14.4 Å². The number of hydrogen-bond acceptors (Lipinski definition) is 7. The van der Waals surface area contributed by atoms with Crippen molar-refractivity contribution in [2.75, 3.05) is 12.3 Å². The minimum absolute atomic E-state index is 0.114. The van der Waals surface area contributed by atoms with Crippen LogP contribution in [0.5, 0.6) is 0 Å². The number of carboxylic acid groups (broad SMARTS) is 1. The normalized spacial score (nSPS) is 19.7. The lowest BCUT2D eigenvalue weighted by Crippen LogP contribution is -2.25. The summed E-state index contributed by atoms with van der Waals surface area (Å²) in [6.45, 7) is 0.491. The summed E-state index contributed by atoms with van der Waals surface area (Å²) in [6, 6.07) is 0. The zero-order chi connectivity index (χ0) is 13.1. The average molecular weight is 270 g/mol. The highest BCUT2D eigenvalue weighted by Crippen LogP contribution is 2.13. The van der Waals surface area contributed by atoms with E-state index in [9.17, 15) is 9.59 Å². The lowest BCUT2D eigenvalue weighted by molar-refractivity contribution is -0.131. The van der Waals surface area contributed by atoms with Gasteiger partial charge in [-0.3, -0.25) is 4.79 Å². The molecule has 1 unspecified atom stereocenters. The number of anilines is 1. The predicted octanol–water partition coefficient (Wildman–Crippen LogP) is -0.581. The standard InChI is InChI=1S/C9H10N4O4S/c10-9-12-4(3-18-9)6(8(15)16)13-17-5-1-2-11-7(5)14/h3,5H,1-2H2,(H2,10,12)(H,11,14)(H,15,16)/b13-6-. The number of carbonyl (C=O) groups excluding carboxylic acids is 1. The van der Waals surface area contributed by atoms with Gasteiger partial charge in [-0.15, -0.1) is 11.3 Å². The molecule has 18 heavy (non-hydrogen) atoms. The van der Waals surface area contributed by atoms with Crippen LogP contribution in [-0.4, -0.2) is 40.3 Å². The third-order valence-electron chi connectivity index (χ3n) is 2.24. The SMILES string of the molecule is Nc1nc(/C(=N/OC2CCNC2=O)C(=O)O)cs1. The smallest absolute Gasteiger partial charge is 0.360 e. The number of carboxylic acids is 1. The zero-order valence-electron chi connectivity index (χ0n) is 9.12. The Morgan fingerprint density at radius 2 is 2.50 bits per heavy atom. The van der Waals surface area contributed by atoms with E-state index in [4.69, 9.17) is 15.7 Å². The molecule has 0 aliphatic carbocycles. The van der Waals surface area contributed by atoms with Crippen LogP contribution in [0.1, 0.15) is 12.1 Å². The van der Waals surface area contributed by atoms with Crippen molar-refractivity contribution < 1.29 is 19.5 Å². The molecule has 1 aliphatic heterocycles. The second-order valence-corrected chi connectivity index (χ2v) is 4.38. The number of amides is 1. The van der Waals surface area contributed by atoms with Gasteiger partial charge in [-0.05, 0) is 0 Å². The second-order valence-electron chi connectivity index (χ2n) is 3.49. The summed E-state index contributed by atoms with van der Waals surface area (Å²) in [6.07, 6.45) is -0.302. The fourth-order valence-corrected chi connectivity index (χ4v) is 1.93. The van der Waals surface area contributed by atoms with E-state index in [1.165, 1.54) is 5.38 Å². The Labute approximate surface area is 105 Å². The summed E-state index contributed by atoms with van der Waals surface area (Å²) in [7, 11) is 0. The summed E-state index contributed by atoms with van der Waals surface area (Å²) >= 11 is 1.10. The molecular weight excluding hydrogens is 260 g/mol. The molecule has 2 rings (SSSR count). The monoisotopic (exact) mass is 270 g/mol. The fraction of sp³-hybridized carbons (Fsp3) is 0.333. The number of nitrogens with one attached hydrogen (secondary N) is 1. The van der Waals surface area contributed by atoms with Crippen molar-refractivity contribution in [2.24, 2.45) is 5.16 Å². The summed E-state index contributed by atoms with van der Waals surface area (Å²) < 4.78 is 0. The lowest BCUT2D eigenvalue weighted by Gasteiger charge is -2.04. The first-order valence-electron chi connectivity index (χ1n) is 5.04. The maximum atomic E-state index is 11.2. The summed E-state index contributed by atoms with van der Waals surface area (Å²) in [5.41, 5.74) is 5.15. The van der Waals surface area contributed by atoms with Gasteiger partial charge < -0.3 is 21.0 Å². The van der Waals surface area contributed by atoms with Crippen molar-refractivity contribution >= 4 is 34.1 Å². The molecule has 0 spiro atoms. The molecule has 1 aromatic rings. The number of aromatic nitrogens is 1. The Balaban J connectivity index is 2.15. The molecular formula is C9H10N4O4S. The molecule has 9 heteroatoms. The number of oxime groups is 1. The van der Waals surface area contributed by atoms with E-state index in [0.29, 0.717) is 13.0 Å². The highest BCUT2D eigenvalue weighted by Gasteiger charge is 2.27. The molecule has 96 valence electrons. The van der Waals surface area contributed by atoms with E-state index in [2.05, 4.69) is 15.5 Å². The van der Waals surface area contributed by atoms with E-state index in [1.54, 1.807) is 0 Å². The quantitative estimate of drug-likeness (QED) is 0.496. The maximum Gasteiger partial charge on any atom is 0.360 e. The highest BCUT2D eigenvalue weighted by molar-refractivity contribution is 7.13. The minimum Gasteiger partial charge on any atom is -0.476 e. The second kappa shape index (κ2) is 5.00. The predicted molar refractivity (Wildman–Crippen MR) is 63.2 cm³/mol. The minimum atomic E-state index is -1.29. The number of carbonyl (C=O) groups is 2. The van der Waals surface area contributed by atoms with Gasteiger partial charge in [0.1, 0.15) is 5.69 Å². The molecule has 2 heterocycles. The molecule has 0 bridgehead atoms. The van der Waals surface area contributed by atoms with Crippen molar-refractivity contribution in [2.45, 2.75) is 12.5 Å². The van der Waals surface area contributed by atoms with Gasteiger partial charge in [0, 0.05) is 18.3 Å². The van der Waals surface area contributed by atoms with Gasteiger partial charge >= 0.3 is 5.97 Å². The topological polar surface area (TPSA) is 127 Å². The Kier molecular flexibility index (Phi) is 3.42. The highest BCUT2D eigenvalue weighted by atomic mass is 32.1. The molecule has 1 saturated heterocycles. The largest absolute Gasteiger partial charge is 0.476 e. The van der Waals surface area contributed by atoms with Crippen LogP contribution in [0, 0.1) is 0 Å². The molecule has 4 N–H and O–H groups in total. The van der Waals surface area contributed by atoms with Crippen molar-refractivity contribution in [1.82, 2.24) is 10.3 Å². The van der Waals surface area contributed by atoms with Gasteiger partial charge in [0.25, 0.3) is 5.91 Å². The number of nitrogens with two attached hydrogens (primary N) is 1. The van der Waals surface area contributed by atoms with Crippen LogP contribution < -0.4 is 11.1 Å². The van der Waals surface area contributed by atoms with Gasteiger partial charge in [0.05, 0.1) is 0 Å². The summed E-state index contributed by atoms with van der Waals surface area (Å²) in [5.74, 6) is -1.60. The number of aliphatic carboxylic acids is 1. The van der Waals surface area contributed by atoms with E-state index in [-0.39, 0.29) is 22.4 Å². The first-order valence-corrected chi connectivity index (χ1v) is 5.92. The van der Waals surface area contributed by atoms with Crippen molar-refractivity contribution in [3.63, 3.8) is 0 Å². The average Bonchev–Trinajstić information content (AvgIpc) is 2.89. The molecule has 8 nitrogen and oxygen atoms in total. The van der Waals surface area contributed by atoms with Crippen molar-refractivity contribution in [3.05, 3.63) is 11.1 Å². The lowest BCUT2D eigenvalue weighted by atomic mass is 10.3. The first kappa shape index (κ1) is 12.3. The van der Waals surface area contributed by atoms with E-state index in [0.717, 1.165) is 11.3 Å². The number of rotatable bonds is 4. The number of hydrogen-bond donors (Lipinski definition) is 3. The van der Waals surface area contributed by atoms with Gasteiger partial charge in [0.2, 0.25) is 11.8 Å². The molecule has 1 aromatic heterocycles. The molecule has 0 saturated carbocycles. The number of thiazole rings is 1. The van der Waals surface area contributed by atoms with E-state index in [1.807, 2.05) is 0 Å². The Hall–Kier alpha value is -2.16. The van der Waals surface area contributed by atoms with Gasteiger partial charge in [-0.1, -0.05) is 5.16 Å². The number of nitrogens with zero attached hydrogens (tertiary/aromatic N) is 2. The summed E-state index contributed by atoms with van der Waals surface area (Å²) in [5, 5.41) is 16.7. The van der Waals surface area contributed by atoms with E-state index < -0.39 is 12.1 Å². The van der Waals surface area contributed by atoms with Crippen LogP contribution in [0.2, 0.25) is 0 Å². The maximum absolute atomic E-state index is 11.2. The molecule has 0 radical (unpaired) electrons. The summed E-state index contributed by atoms with van der Waals surface area (Å²) in [4.78, 5) is 30.9. The molecule has 1 amide bonds. The van der Waals surface area contributed by atoms with Gasteiger partial charge in [-0.2, -0.15) is 0 Å². The zero-order valence-corrected chi connectivity index (χ0v) is 9.94. The molecule has 1 fully saturated rings. The van der Waals surface area contributed by atoms with Crippen LogP contribution in [0.25, 0.3) is 0 Å². The molecule has 1 aliphatic rings. The van der Waals surface area contributed by atoms with Crippen LogP contribution in [0.4, 0.5) is 5.13 Å². The molecule has 0 aromatic carbocycles. The number of nitrogen functional groups attached to an aromatic ring is 1. The van der Waals surface area contributed by atoms with Gasteiger partial charge in [0.15, 0.2) is 5.13 Å². The first-order chi connectivity index (χ1) is 8.58. The van der Waals surface area contributed by atoms with Crippen molar-refractivity contribution in [1.29, 1.82) is 0 Å². The third kappa shape index (κ3) is 2.56. The molecule has 1 atom stereocenters. The Morgan fingerprint density at radius 1 is 1.72 bits per heavy atom. The fourth-order valence-electron chi connectivity index (χ4n) is 1.38. The van der Waals surface area contributed by atoms with Crippen molar-refractivity contribution in [3.8, 4) is 0 Å². The van der Waals surface area contributed by atoms with E-state index >= 15 is 0 Å². The Morgan fingerprint density at radius 3 is 3.00 bits per heavy atom. The van der Waals surface area contributed by atoms with Crippen LogP contribution in [0.15, 0.2) is 10.5 Å². The Bertz CT molecular complexity index is 512. The van der Waals surface area contributed by atoms with Gasteiger partial charge in [-0.25, -0.2) is 9.78 Å². The third-order valence-corrected chi connectivity index (χ3v) is 2.91. The van der Waals surface area contributed by atoms with Crippen LogP contribution >= 0.6 is 11.3 Å². The van der Waals surface area contributed by atoms with Crippen LogP contribution in [0.3, 0.4) is 0 Å².